The maximum atomic E-state index is 10.5. The molecule has 1 fully saturated rings. The molecule has 0 aliphatic heterocycles. The van der Waals surface area contributed by atoms with E-state index in [1.807, 2.05) is 37.3 Å². The molecule has 7 heteroatoms. The number of unbranched alkanes of at least 4 members (excludes halogenated alkanes) is 1. The van der Waals surface area contributed by atoms with Gasteiger partial charge in [0.15, 0.2) is 0 Å². The van der Waals surface area contributed by atoms with Crippen LogP contribution in [-0.2, 0) is 16.0 Å². The number of aliphatic hydroxyl groups excluding tert-OH is 2. The van der Waals surface area contributed by atoms with E-state index in [2.05, 4.69) is 0 Å². The molecular weight excluding hydrogens is 424 g/mol. The molecule has 1 saturated carbocycles. The molecule has 0 radical (unpaired) electrons. The monoisotopic (exact) mass is 456 g/mol. The van der Waals surface area contributed by atoms with Crippen LogP contribution in [0.4, 0.5) is 0 Å². The van der Waals surface area contributed by atoms with Crippen LogP contribution in [0.15, 0.2) is 30.4 Å². The number of hydrogen-bond donors (Lipinski definition) is 3. The first kappa shape index (κ1) is 25.1. The van der Waals surface area contributed by atoms with Crippen LogP contribution in [0.5, 0.6) is 0 Å². The Hall–Kier alpha value is -1.18. The van der Waals surface area contributed by atoms with Crippen LogP contribution in [0.2, 0.25) is 5.02 Å². The quantitative estimate of drug-likeness (QED) is 0.311. The highest BCUT2D eigenvalue weighted by atomic mass is 35.5. The molecule has 1 aliphatic rings. The molecule has 168 valence electrons. The molecule has 0 saturated heterocycles. The first-order valence-corrected chi connectivity index (χ1v) is 11.7. The van der Waals surface area contributed by atoms with Crippen molar-refractivity contribution in [2.24, 2.45) is 11.8 Å². The summed E-state index contributed by atoms with van der Waals surface area (Å²) in [6.07, 6.45) is 11.0. The normalized spacial score (nSPS) is 25.5. The highest BCUT2D eigenvalue weighted by Crippen LogP contribution is 2.36. The lowest BCUT2D eigenvalue weighted by Crippen LogP contribution is -2.20. The Morgan fingerprint density at radius 2 is 2.13 bits per heavy atom. The van der Waals surface area contributed by atoms with Crippen molar-refractivity contribution in [1.29, 1.82) is 0 Å². The van der Waals surface area contributed by atoms with Gasteiger partial charge in [0.1, 0.15) is 0 Å². The highest BCUT2D eigenvalue weighted by molar-refractivity contribution is 7.12. The minimum atomic E-state index is -0.784. The molecule has 2 rings (SSSR count). The number of halogens is 1. The number of methoxy groups -OCH3 is 1. The van der Waals surface area contributed by atoms with Gasteiger partial charge in [-0.25, -0.2) is 0 Å². The van der Waals surface area contributed by atoms with Gasteiger partial charge >= 0.3 is 5.97 Å². The highest BCUT2D eigenvalue weighted by Gasteiger charge is 2.39. The Labute approximate surface area is 188 Å². The molecule has 3 unspecified atom stereocenters. The van der Waals surface area contributed by atoms with Crippen LogP contribution >= 0.6 is 22.9 Å². The van der Waals surface area contributed by atoms with Crippen LogP contribution in [0.3, 0.4) is 0 Å². The van der Waals surface area contributed by atoms with Crippen LogP contribution < -0.4 is 0 Å². The Morgan fingerprint density at radius 1 is 1.37 bits per heavy atom. The molecule has 1 heterocycles. The zero-order valence-electron chi connectivity index (χ0n) is 17.7. The average Bonchev–Trinajstić information content (AvgIpc) is 3.15. The van der Waals surface area contributed by atoms with Gasteiger partial charge < -0.3 is 20.1 Å². The third-order valence-electron chi connectivity index (χ3n) is 5.69. The Bertz CT molecular complexity index is 710. The van der Waals surface area contributed by atoms with Crippen molar-refractivity contribution in [1.82, 2.24) is 0 Å². The van der Waals surface area contributed by atoms with Gasteiger partial charge in [0.05, 0.1) is 23.3 Å². The second-order valence-electron chi connectivity index (χ2n) is 7.92. The molecule has 1 aromatic heterocycles. The number of rotatable bonds is 12. The van der Waals surface area contributed by atoms with E-state index in [-0.39, 0.29) is 24.4 Å². The van der Waals surface area contributed by atoms with E-state index < -0.39 is 18.2 Å². The summed E-state index contributed by atoms with van der Waals surface area (Å²) in [5.74, 6) is -0.962. The van der Waals surface area contributed by atoms with Crippen LogP contribution in [0.1, 0.15) is 48.3 Å². The topological polar surface area (TPSA) is 87.0 Å². The maximum absolute atomic E-state index is 10.5. The van der Waals surface area contributed by atoms with E-state index in [1.165, 1.54) is 4.88 Å². The van der Waals surface area contributed by atoms with Crippen molar-refractivity contribution in [2.75, 3.05) is 7.11 Å². The van der Waals surface area contributed by atoms with Crippen molar-refractivity contribution in [3.63, 3.8) is 0 Å². The van der Waals surface area contributed by atoms with Gasteiger partial charge in [-0.15, -0.1) is 11.3 Å². The molecule has 1 aliphatic carbocycles. The number of aliphatic hydroxyl groups is 2. The van der Waals surface area contributed by atoms with Gasteiger partial charge in [-0.2, -0.15) is 0 Å². The molecule has 1 aromatic rings. The van der Waals surface area contributed by atoms with E-state index in [9.17, 15) is 15.0 Å². The molecule has 5 atom stereocenters. The van der Waals surface area contributed by atoms with E-state index in [0.717, 1.165) is 22.7 Å². The number of thiophene rings is 1. The summed E-state index contributed by atoms with van der Waals surface area (Å²) in [4.78, 5) is 12.9. The summed E-state index contributed by atoms with van der Waals surface area (Å²) in [6, 6.07) is 2.01. The lowest BCUT2D eigenvalue weighted by molar-refractivity contribution is -0.137. The summed E-state index contributed by atoms with van der Waals surface area (Å²) >= 11 is 7.84. The number of ether oxygens (including phenoxy) is 1. The molecule has 0 amide bonds. The Morgan fingerprint density at radius 3 is 2.77 bits per heavy atom. The van der Waals surface area contributed by atoms with E-state index in [0.29, 0.717) is 25.7 Å². The third kappa shape index (κ3) is 7.82. The van der Waals surface area contributed by atoms with Gasteiger partial charge in [0.2, 0.25) is 0 Å². The number of hydrogen-bond acceptors (Lipinski definition) is 5. The number of aliphatic carboxylic acids is 1. The predicted octanol–water partition coefficient (Wildman–Crippen LogP) is 4.77. The zero-order valence-corrected chi connectivity index (χ0v) is 19.2. The number of allylic oxidation sites excluding steroid dienone is 2. The zero-order chi connectivity index (χ0) is 22.1. The van der Waals surface area contributed by atoms with Crippen molar-refractivity contribution >= 4 is 28.9 Å². The fourth-order valence-electron chi connectivity index (χ4n) is 3.92. The lowest BCUT2D eigenvalue weighted by Gasteiger charge is -2.20. The van der Waals surface area contributed by atoms with Gasteiger partial charge in [-0.3, -0.25) is 4.79 Å². The number of carbonyl (C=O) groups is 1. The van der Waals surface area contributed by atoms with Crippen molar-refractivity contribution in [3.05, 3.63) is 45.1 Å². The largest absolute Gasteiger partial charge is 0.481 e. The predicted molar refractivity (Wildman–Crippen MR) is 121 cm³/mol. The van der Waals surface area contributed by atoms with Crippen LogP contribution in [0, 0.1) is 18.8 Å². The second-order valence-corrected chi connectivity index (χ2v) is 9.67. The van der Waals surface area contributed by atoms with Crippen molar-refractivity contribution in [2.45, 2.75) is 70.2 Å². The molecule has 0 spiro atoms. The van der Waals surface area contributed by atoms with Crippen LogP contribution in [0.25, 0.3) is 0 Å². The number of aryl methyl sites for hydroxylation is 2. The maximum Gasteiger partial charge on any atom is 0.303 e. The summed E-state index contributed by atoms with van der Waals surface area (Å²) in [5, 5.41) is 30.2. The molecular formula is C23H33ClO5S. The third-order valence-corrected chi connectivity index (χ3v) is 7.30. The number of carboxylic acid groups (broad SMARTS) is 1. The van der Waals surface area contributed by atoms with Gasteiger partial charge in [0.25, 0.3) is 0 Å². The average molecular weight is 457 g/mol. The second kappa shape index (κ2) is 12.6. The van der Waals surface area contributed by atoms with Crippen molar-refractivity contribution < 1.29 is 24.9 Å². The summed E-state index contributed by atoms with van der Waals surface area (Å²) in [5.41, 5.74) is 0. The van der Waals surface area contributed by atoms with Gasteiger partial charge in [0, 0.05) is 35.6 Å². The minimum absolute atomic E-state index is 0.0526. The summed E-state index contributed by atoms with van der Waals surface area (Å²) < 4.78 is 5.59. The molecule has 0 aromatic carbocycles. The molecule has 30 heavy (non-hydrogen) atoms. The lowest BCUT2D eigenvalue weighted by atomic mass is 9.89. The Kier molecular flexibility index (Phi) is 10.6. The number of carboxylic acids is 1. The van der Waals surface area contributed by atoms with E-state index >= 15 is 0 Å². The van der Waals surface area contributed by atoms with Crippen molar-refractivity contribution in [3.8, 4) is 0 Å². The molecule has 5 nitrogen and oxygen atoms in total. The fourth-order valence-corrected chi connectivity index (χ4v) is 5.18. The smallest absolute Gasteiger partial charge is 0.303 e. The first-order chi connectivity index (χ1) is 14.3. The standard InChI is InChI=1S/C23H33ClO5S/c1-15-20(24)13-17(30-15)11-9-16(29-2)10-12-19-18(21(25)14-22(19)26)7-5-3-4-6-8-23(27)28/h3,5,10,12-13,16,18-19,21-22,25-26H,4,6-9,11,14H2,1-2H3,(H,27,28)/b5-3-,12-10+/t16?,18-,19-,21?,22?/m1/s1. The van der Waals surface area contributed by atoms with Crippen LogP contribution in [-0.4, -0.2) is 46.7 Å². The van der Waals surface area contributed by atoms with Gasteiger partial charge in [-0.1, -0.05) is 35.9 Å². The molecule has 3 N–H and O–H groups in total. The summed E-state index contributed by atoms with van der Waals surface area (Å²) in [7, 11) is 1.68. The fraction of sp³-hybridized carbons (Fsp3) is 0.609. The Balaban J connectivity index is 1.88. The minimum Gasteiger partial charge on any atom is -0.481 e. The SMILES string of the molecule is COC(/C=C/[C@H]1C(O)CC(O)[C@@H]1C/C=C\CCCC(=O)O)CCc1cc(Cl)c(C)s1. The summed E-state index contributed by atoms with van der Waals surface area (Å²) in [6.45, 7) is 2.01. The molecule has 0 bridgehead atoms. The van der Waals surface area contributed by atoms with E-state index in [1.54, 1.807) is 18.4 Å². The van der Waals surface area contributed by atoms with Gasteiger partial charge in [-0.05, 0) is 51.0 Å². The first-order valence-electron chi connectivity index (χ1n) is 10.5. The van der Waals surface area contributed by atoms with E-state index in [4.69, 9.17) is 21.4 Å².